The molecule has 0 aliphatic rings. The number of hydrogen-bond acceptors (Lipinski definition) is 0. The summed E-state index contributed by atoms with van der Waals surface area (Å²) in [7, 11) is 0. The molecule has 1 aromatic rings. The smallest absolute Gasteiger partial charge is 1.00 e. The standard InChI is InChI=1S/C7H7N3.2ClH.Zn/c8-10-6-9-7-4-2-1-3-5-7;;;/h1-6,9H;2*1H;/q;;;+2/p-2. The number of benzene rings is 1. The van der Waals surface area contributed by atoms with Gasteiger partial charge in [0, 0.05) is 0 Å². The Morgan fingerprint density at radius 1 is 1.15 bits per heavy atom. The molecule has 0 saturated heterocycles. The van der Waals surface area contributed by atoms with Crippen molar-refractivity contribution in [2.24, 2.45) is 0 Å². The van der Waals surface area contributed by atoms with Crippen LogP contribution >= 0.6 is 0 Å². The summed E-state index contributed by atoms with van der Waals surface area (Å²) in [5, 5.41) is 2.75. The second-order valence-electron chi connectivity index (χ2n) is 1.75. The number of para-hydroxylation sites is 1. The molecule has 0 saturated carbocycles. The van der Waals surface area contributed by atoms with Crippen LogP contribution in [0.15, 0.2) is 30.3 Å². The summed E-state index contributed by atoms with van der Waals surface area (Å²) in [5.41, 5.74) is 8.94. The Morgan fingerprint density at radius 3 is 2.15 bits per heavy atom. The third kappa shape index (κ3) is 7.95. The summed E-state index contributed by atoms with van der Waals surface area (Å²) in [4.78, 5) is 2.79. The van der Waals surface area contributed by atoms with Gasteiger partial charge in [0.05, 0.1) is 0 Å². The van der Waals surface area contributed by atoms with E-state index in [9.17, 15) is 0 Å². The molecular formula is C7H7Cl2N3Zn. The van der Waals surface area contributed by atoms with Gasteiger partial charge in [0.15, 0.2) is 0 Å². The molecule has 0 spiro atoms. The Kier molecular flexibility index (Phi) is 16.4. The number of anilines is 1. The number of hydrogen-bond donors (Lipinski definition) is 1. The number of rotatable bonds is 2. The van der Waals surface area contributed by atoms with E-state index >= 15 is 0 Å². The molecule has 1 rings (SSSR count). The monoisotopic (exact) mass is 267 g/mol. The fraction of sp³-hybridized carbons (Fsp3) is 0. The quantitative estimate of drug-likeness (QED) is 0.190. The Labute approximate surface area is 102 Å². The van der Waals surface area contributed by atoms with Crippen molar-refractivity contribution in [1.29, 1.82) is 0 Å². The maximum absolute atomic E-state index is 8.03. The second kappa shape index (κ2) is 11.6. The molecule has 1 aromatic carbocycles. The fourth-order valence-corrected chi connectivity index (χ4v) is 0.638. The van der Waals surface area contributed by atoms with Crippen molar-refractivity contribution >= 4 is 12.0 Å². The molecule has 0 aliphatic heterocycles. The summed E-state index contributed by atoms with van der Waals surface area (Å²) in [6, 6.07) is 9.46. The number of nitrogens with one attached hydrogen (secondary N) is 1. The molecule has 6 heteroatoms. The van der Waals surface area contributed by atoms with Crippen LogP contribution in [-0.4, -0.2) is 11.1 Å². The molecule has 0 bridgehead atoms. The first kappa shape index (κ1) is 18.4. The van der Waals surface area contributed by atoms with Gasteiger partial charge in [-0.05, 0) is 12.1 Å². The van der Waals surface area contributed by atoms with E-state index in [1.807, 2.05) is 30.3 Å². The van der Waals surface area contributed by atoms with Crippen LogP contribution in [0.5, 0.6) is 0 Å². The van der Waals surface area contributed by atoms with Crippen molar-refractivity contribution < 1.29 is 49.1 Å². The van der Waals surface area contributed by atoms with E-state index in [1.165, 1.54) is 6.34 Å². The zero-order valence-electron chi connectivity index (χ0n) is 6.82. The van der Waals surface area contributed by atoms with Gasteiger partial charge in [-0.1, -0.05) is 18.2 Å². The largest absolute Gasteiger partial charge is 2.00 e. The molecule has 13 heavy (non-hydrogen) atoms. The molecule has 0 atom stereocenters. The Bertz CT molecular complexity index is 249. The van der Waals surface area contributed by atoms with E-state index in [1.54, 1.807) is 0 Å². The molecule has 1 N–H and O–H groups in total. The van der Waals surface area contributed by atoms with Crippen molar-refractivity contribution in [2.75, 3.05) is 5.32 Å². The van der Waals surface area contributed by atoms with Crippen LogP contribution in [0, 0.1) is 0 Å². The summed E-state index contributed by atoms with van der Waals surface area (Å²) in [6.45, 7) is 0. The SMILES string of the molecule is [Cl-].[Cl-].[N-]=[N+]=CNc1ccccc1.[Zn+2]. The maximum Gasteiger partial charge on any atom is 2.00 e. The molecule has 0 amide bonds. The van der Waals surface area contributed by atoms with Crippen molar-refractivity contribution in [2.45, 2.75) is 0 Å². The van der Waals surface area contributed by atoms with Gasteiger partial charge in [-0.25, -0.2) is 5.32 Å². The van der Waals surface area contributed by atoms with Gasteiger partial charge in [-0.2, -0.15) is 0 Å². The van der Waals surface area contributed by atoms with Crippen molar-refractivity contribution in [3.63, 3.8) is 0 Å². The van der Waals surface area contributed by atoms with Crippen LogP contribution in [0.2, 0.25) is 0 Å². The van der Waals surface area contributed by atoms with Crippen LogP contribution < -0.4 is 30.1 Å². The Morgan fingerprint density at radius 2 is 1.69 bits per heavy atom. The summed E-state index contributed by atoms with van der Waals surface area (Å²) in [5.74, 6) is 0. The minimum Gasteiger partial charge on any atom is -1.00 e. The van der Waals surface area contributed by atoms with E-state index in [0.29, 0.717) is 0 Å². The molecular weight excluding hydrogens is 262 g/mol. The Hall–Kier alpha value is -0.397. The first-order chi connectivity index (χ1) is 4.93. The summed E-state index contributed by atoms with van der Waals surface area (Å²) < 4.78 is 0. The van der Waals surface area contributed by atoms with E-state index in [-0.39, 0.29) is 44.3 Å². The van der Waals surface area contributed by atoms with Gasteiger partial charge in [-0.15, -0.1) is 0 Å². The molecule has 0 aliphatic carbocycles. The third-order valence-electron chi connectivity index (χ3n) is 1.06. The second-order valence-corrected chi connectivity index (χ2v) is 1.75. The molecule has 0 fully saturated rings. The number of nitrogens with zero attached hydrogens (tertiary/aromatic N) is 2. The maximum atomic E-state index is 8.03. The minimum absolute atomic E-state index is 0. The number of halogens is 2. The van der Waals surface area contributed by atoms with Gasteiger partial charge in [0.25, 0.3) is 0 Å². The van der Waals surface area contributed by atoms with Gasteiger partial charge in [-0.3, -0.25) is 0 Å². The van der Waals surface area contributed by atoms with Crippen molar-refractivity contribution in [3.05, 3.63) is 35.9 Å². The first-order valence-corrected chi connectivity index (χ1v) is 2.91. The van der Waals surface area contributed by atoms with Crippen LogP contribution in [0.25, 0.3) is 5.53 Å². The third-order valence-corrected chi connectivity index (χ3v) is 1.06. The van der Waals surface area contributed by atoms with Crippen LogP contribution in [0.1, 0.15) is 0 Å². The predicted molar refractivity (Wildman–Crippen MR) is 39.7 cm³/mol. The van der Waals surface area contributed by atoms with Gasteiger partial charge < -0.3 is 35.1 Å². The fourth-order valence-electron chi connectivity index (χ4n) is 0.638. The van der Waals surface area contributed by atoms with Crippen molar-refractivity contribution in [1.82, 2.24) is 0 Å². The van der Waals surface area contributed by atoms with E-state index in [0.717, 1.165) is 5.69 Å². The molecule has 0 unspecified atom stereocenters. The zero-order valence-corrected chi connectivity index (χ0v) is 11.3. The first-order valence-electron chi connectivity index (χ1n) is 2.91. The van der Waals surface area contributed by atoms with Gasteiger partial charge in [0.2, 0.25) is 0 Å². The van der Waals surface area contributed by atoms with Crippen molar-refractivity contribution in [3.8, 4) is 0 Å². The Balaban J connectivity index is -0.000000333. The predicted octanol–water partition coefficient (Wildman–Crippen LogP) is -4.64. The topological polar surface area (TPSA) is 48.4 Å². The van der Waals surface area contributed by atoms with Gasteiger partial charge >= 0.3 is 25.8 Å². The van der Waals surface area contributed by atoms with Crippen LogP contribution in [0.4, 0.5) is 5.69 Å². The van der Waals surface area contributed by atoms with Crippen LogP contribution in [-0.2, 0) is 19.5 Å². The average Bonchev–Trinajstić information content (AvgIpc) is 2.03. The van der Waals surface area contributed by atoms with Crippen LogP contribution in [0.3, 0.4) is 0 Å². The molecule has 3 nitrogen and oxygen atoms in total. The molecule has 0 aromatic heterocycles. The van der Waals surface area contributed by atoms with E-state index in [4.69, 9.17) is 5.53 Å². The van der Waals surface area contributed by atoms with Gasteiger partial charge in [0.1, 0.15) is 5.69 Å². The zero-order chi connectivity index (χ0) is 7.23. The van der Waals surface area contributed by atoms with E-state index < -0.39 is 0 Å². The molecule has 0 radical (unpaired) electrons. The average molecular weight is 269 g/mol. The summed E-state index contributed by atoms with van der Waals surface area (Å²) in [6.07, 6.45) is 1.22. The molecule has 0 heterocycles. The minimum atomic E-state index is 0. The van der Waals surface area contributed by atoms with E-state index in [2.05, 4.69) is 10.1 Å². The molecule has 66 valence electrons. The normalized spacial score (nSPS) is 6.15. The summed E-state index contributed by atoms with van der Waals surface area (Å²) >= 11 is 0.